The fourth-order valence-corrected chi connectivity index (χ4v) is 1.35. The molecule has 14 heavy (non-hydrogen) atoms. The minimum Gasteiger partial charge on any atom is -0.497 e. The van der Waals surface area contributed by atoms with E-state index < -0.39 is 0 Å². The second-order valence-electron chi connectivity index (χ2n) is 3.24. The molecule has 76 valence electrons. The molecular formula is C11H14ClNO. The van der Waals surface area contributed by atoms with Crippen molar-refractivity contribution in [3.63, 3.8) is 0 Å². The molecule has 0 aliphatic heterocycles. The summed E-state index contributed by atoms with van der Waals surface area (Å²) in [7, 11) is 1.64. The van der Waals surface area contributed by atoms with E-state index in [1.807, 2.05) is 38.1 Å². The molecule has 0 N–H and O–H groups in total. The van der Waals surface area contributed by atoms with Crippen LogP contribution in [0.15, 0.2) is 29.3 Å². The molecule has 0 heterocycles. The SMILES string of the molecule is COc1ccc(C(Cl)=NC(C)C)cc1. The van der Waals surface area contributed by atoms with Gasteiger partial charge in [-0.05, 0) is 38.1 Å². The van der Waals surface area contributed by atoms with Gasteiger partial charge in [-0.1, -0.05) is 11.6 Å². The Balaban J connectivity index is 2.86. The highest BCUT2D eigenvalue weighted by atomic mass is 35.5. The molecular weight excluding hydrogens is 198 g/mol. The topological polar surface area (TPSA) is 21.6 Å². The number of benzene rings is 1. The molecule has 1 aromatic rings. The summed E-state index contributed by atoms with van der Waals surface area (Å²) in [6, 6.07) is 7.74. The van der Waals surface area contributed by atoms with E-state index in [0.717, 1.165) is 11.3 Å². The van der Waals surface area contributed by atoms with E-state index in [1.54, 1.807) is 7.11 Å². The lowest BCUT2D eigenvalue weighted by Crippen LogP contribution is -1.97. The molecule has 0 bridgehead atoms. The number of ether oxygens (including phenoxy) is 1. The van der Waals surface area contributed by atoms with Crippen LogP contribution in [0.3, 0.4) is 0 Å². The molecule has 0 aliphatic rings. The first-order valence-electron chi connectivity index (χ1n) is 4.51. The highest BCUT2D eigenvalue weighted by Crippen LogP contribution is 2.13. The van der Waals surface area contributed by atoms with Crippen molar-refractivity contribution in [3.8, 4) is 5.75 Å². The summed E-state index contributed by atoms with van der Waals surface area (Å²) in [5.74, 6) is 0.822. The second kappa shape index (κ2) is 5.01. The fraction of sp³-hybridized carbons (Fsp3) is 0.364. The summed E-state index contributed by atoms with van der Waals surface area (Å²) >= 11 is 6.01. The number of halogens is 1. The predicted octanol–water partition coefficient (Wildman–Crippen LogP) is 3.09. The summed E-state index contributed by atoms with van der Waals surface area (Å²) in [5, 5.41) is 0.544. The zero-order chi connectivity index (χ0) is 10.6. The van der Waals surface area contributed by atoms with Crippen LogP contribution in [0.2, 0.25) is 0 Å². The number of methoxy groups -OCH3 is 1. The normalized spacial score (nSPS) is 11.9. The third-order valence-electron chi connectivity index (χ3n) is 1.70. The molecule has 2 nitrogen and oxygen atoms in total. The van der Waals surface area contributed by atoms with Crippen LogP contribution in [0.4, 0.5) is 0 Å². The average Bonchev–Trinajstić information content (AvgIpc) is 2.17. The zero-order valence-corrected chi connectivity index (χ0v) is 9.38. The summed E-state index contributed by atoms with van der Waals surface area (Å²) < 4.78 is 5.05. The molecule has 0 fully saturated rings. The van der Waals surface area contributed by atoms with Gasteiger partial charge in [0.1, 0.15) is 10.9 Å². The molecule has 1 aromatic carbocycles. The summed E-state index contributed by atoms with van der Waals surface area (Å²) in [6.45, 7) is 3.98. The number of aliphatic imine (C=N–C) groups is 1. The molecule has 0 atom stereocenters. The molecule has 1 rings (SSSR count). The molecule has 0 amide bonds. The van der Waals surface area contributed by atoms with Crippen molar-refractivity contribution in [3.05, 3.63) is 29.8 Å². The van der Waals surface area contributed by atoms with E-state index in [0.29, 0.717) is 5.17 Å². The molecule has 3 heteroatoms. The van der Waals surface area contributed by atoms with Gasteiger partial charge in [-0.3, -0.25) is 4.99 Å². The molecule has 0 spiro atoms. The van der Waals surface area contributed by atoms with E-state index in [-0.39, 0.29) is 6.04 Å². The van der Waals surface area contributed by atoms with Gasteiger partial charge in [-0.15, -0.1) is 0 Å². The molecule has 0 radical (unpaired) electrons. The van der Waals surface area contributed by atoms with Crippen LogP contribution in [-0.4, -0.2) is 18.3 Å². The Kier molecular flexibility index (Phi) is 3.96. The van der Waals surface area contributed by atoms with Crippen LogP contribution < -0.4 is 4.74 Å². The van der Waals surface area contributed by atoms with Gasteiger partial charge in [0.2, 0.25) is 0 Å². The number of hydrogen-bond donors (Lipinski definition) is 0. The Hall–Kier alpha value is -1.02. The largest absolute Gasteiger partial charge is 0.497 e. The van der Waals surface area contributed by atoms with Gasteiger partial charge in [0.05, 0.1) is 7.11 Å². The van der Waals surface area contributed by atoms with Crippen LogP contribution >= 0.6 is 11.6 Å². The minimum atomic E-state index is 0.213. The van der Waals surface area contributed by atoms with Crippen LogP contribution in [0.1, 0.15) is 19.4 Å². The Morgan fingerprint density at radius 3 is 2.29 bits per heavy atom. The minimum absolute atomic E-state index is 0.213. The number of rotatable bonds is 3. The smallest absolute Gasteiger partial charge is 0.131 e. The van der Waals surface area contributed by atoms with E-state index in [2.05, 4.69) is 4.99 Å². The van der Waals surface area contributed by atoms with Gasteiger partial charge in [0.25, 0.3) is 0 Å². The maximum absolute atomic E-state index is 6.01. The Bertz CT molecular complexity index is 317. The average molecular weight is 212 g/mol. The van der Waals surface area contributed by atoms with Crippen LogP contribution in [0, 0.1) is 0 Å². The molecule has 0 aliphatic carbocycles. The van der Waals surface area contributed by atoms with Gasteiger partial charge in [0.15, 0.2) is 0 Å². The summed E-state index contributed by atoms with van der Waals surface area (Å²) in [5.41, 5.74) is 0.918. The first kappa shape index (κ1) is 11.1. The van der Waals surface area contributed by atoms with E-state index in [4.69, 9.17) is 16.3 Å². The molecule has 0 saturated carbocycles. The second-order valence-corrected chi connectivity index (χ2v) is 3.60. The van der Waals surface area contributed by atoms with Gasteiger partial charge >= 0.3 is 0 Å². The Labute approximate surface area is 89.6 Å². The van der Waals surface area contributed by atoms with Crippen molar-refractivity contribution in [1.29, 1.82) is 0 Å². The first-order chi connectivity index (χ1) is 6.63. The van der Waals surface area contributed by atoms with Gasteiger partial charge < -0.3 is 4.74 Å². The van der Waals surface area contributed by atoms with E-state index in [1.165, 1.54) is 0 Å². The van der Waals surface area contributed by atoms with Crippen molar-refractivity contribution in [2.45, 2.75) is 19.9 Å². The Morgan fingerprint density at radius 1 is 1.29 bits per heavy atom. The maximum Gasteiger partial charge on any atom is 0.131 e. The van der Waals surface area contributed by atoms with Crippen LogP contribution in [0.25, 0.3) is 0 Å². The highest BCUT2D eigenvalue weighted by Gasteiger charge is 2.00. The standard InChI is InChI=1S/C11H14ClNO/c1-8(2)13-11(12)9-4-6-10(14-3)7-5-9/h4-8H,1-3H3. The van der Waals surface area contributed by atoms with Gasteiger partial charge in [-0.25, -0.2) is 0 Å². The van der Waals surface area contributed by atoms with Crippen LogP contribution in [-0.2, 0) is 0 Å². The van der Waals surface area contributed by atoms with Crippen molar-refractivity contribution < 1.29 is 4.74 Å². The third kappa shape index (κ3) is 3.04. The third-order valence-corrected chi connectivity index (χ3v) is 2.02. The molecule has 0 unspecified atom stereocenters. The summed E-state index contributed by atoms with van der Waals surface area (Å²) in [6.07, 6.45) is 0. The zero-order valence-electron chi connectivity index (χ0n) is 8.62. The quantitative estimate of drug-likeness (QED) is 0.705. The number of nitrogens with zero attached hydrogens (tertiary/aromatic N) is 1. The predicted molar refractivity (Wildman–Crippen MR) is 60.5 cm³/mol. The van der Waals surface area contributed by atoms with E-state index in [9.17, 15) is 0 Å². The van der Waals surface area contributed by atoms with E-state index >= 15 is 0 Å². The lowest BCUT2D eigenvalue weighted by molar-refractivity contribution is 0.415. The number of hydrogen-bond acceptors (Lipinski definition) is 2. The van der Waals surface area contributed by atoms with Gasteiger partial charge in [0, 0.05) is 11.6 Å². The van der Waals surface area contributed by atoms with Crippen LogP contribution in [0.5, 0.6) is 5.75 Å². The summed E-state index contributed by atoms with van der Waals surface area (Å²) in [4.78, 5) is 4.24. The van der Waals surface area contributed by atoms with Crippen molar-refractivity contribution >= 4 is 16.8 Å². The first-order valence-corrected chi connectivity index (χ1v) is 4.89. The van der Waals surface area contributed by atoms with Gasteiger partial charge in [-0.2, -0.15) is 0 Å². The molecule has 0 aromatic heterocycles. The fourth-order valence-electron chi connectivity index (χ4n) is 1.03. The monoisotopic (exact) mass is 211 g/mol. The Morgan fingerprint density at radius 2 is 1.86 bits per heavy atom. The lowest BCUT2D eigenvalue weighted by Gasteiger charge is -2.03. The van der Waals surface area contributed by atoms with Crippen molar-refractivity contribution in [2.75, 3.05) is 7.11 Å². The van der Waals surface area contributed by atoms with Crippen molar-refractivity contribution in [2.24, 2.45) is 4.99 Å². The highest BCUT2D eigenvalue weighted by molar-refractivity contribution is 6.69. The van der Waals surface area contributed by atoms with Crippen molar-refractivity contribution in [1.82, 2.24) is 0 Å². The lowest BCUT2D eigenvalue weighted by atomic mass is 10.2. The molecule has 0 saturated heterocycles. The maximum atomic E-state index is 6.01.